The molecule has 28 heavy (non-hydrogen) atoms. The molecule has 144 valence electrons. The average Bonchev–Trinajstić information content (AvgIpc) is 3.33. The maximum Gasteiger partial charge on any atom is 0.312 e. The highest BCUT2D eigenvalue weighted by Crippen LogP contribution is 2.28. The van der Waals surface area contributed by atoms with Crippen LogP contribution in [0.3, 0.4) is 0 Å². The number of thiazole rings is 1. The van der Waals surface area contributed by atoms with Gasteiger partial charge in [0.15, 0.2) is 11.9 Å². The summed E-state index contributed by atoms with van der Waals surface area (Å²) in [7, 11) is 0. The van der Waals surface area contributed by atoms with Gasteiger partial charge in [0.2, 0.25) is 0 Å². The van der Waals surface area contributed by atoms with E-state index >= 15 is 0 Å². The van der Waals surface area contributed by atoms with Crippen LogP contribution in [0, 0.1) is 0 Å². The summed E-state index contributed by atoms with van der Waals surface area (Å²) >= 11 is 3.04. The van der Waals surface area contributed by atoms with Crippen molar-refractivity contribution >= 4 is 46.0 Å². The van der Waals surface area contributed by atoms with Gasteiger partial charge in [0.1, 0.15) is 5.01 Å². The number of hydrogen-bond acceptors (Lipinski definition) is 7. The molecule has 3 aromatic rings. The molecule has 1 N–H and O–H groups in total. The van der Waals surface area contributed by atoms with Crippen LogP contribution in [0.5, 0.6) is 0 Å². The second-order valence-corrected chi connectivity index (χ2v) is 7.83. The summed E-state index contributed by atoms with van der Waals surface area (Å²) < 4.78 is 5.22. The third-order valence-electron chi connectivity index (χ3n) is 3.85. The van der Waals surface area contributed by atoms with Gasteiger partial charge in [0.25, 0.3) is 5.91 Å². The minimum Gasteiger partial charge on any atom is -0.452 e. The fourth-order valence-electron chi connectivity index (χ4n) is 2.48. The van der Waals surface area contributed by atoms with Crippen LogP contribution >= 0.6 is 22.7 Å². The largest absolute Gasteiger partial charge is 0.452 e. The third kappa shape index (κ3) is 4.90. The molecule has 0 saturated heterocycles. The van der Waals surface area contributed by atoms with E-state index in [-0.39, 0.29) is 12.2 Å². The Balaban J connectivity index is 1.57. The number of rotatable bonds is 7. The quantitative estimate of drug-likeness (QED) is 0.463. The number of nitrogens with one attached hydrogen (secondary N) is 1. The number of amides is 1. The number of thiophene rings is 1. The fraction of sp³-hybridized carbons (Fsp3) is 0.200. The molecular formula is C20H18N2O4S2. The number of aromatic nitrogens is 1. The molecule has 0 aliphatic carbocycles. The van der Waals surface area contributed by atoms with Crippen LogP contribution in [0.15, 0.2) is 47.2 Å². The normalized spacial score (nSPS) is 11.6. The van der Waals surface area contributed by atoms with E-state index in [1.165, 1.54) is 25.2 Å². The summed E-state index contributed by atoms with van der Waals surface area (Å²) in [5.41, 5.74) is 1.40. The molecule has 0 spiro atoms. The van der Waals surface area contributed by atoms with Gasteiger partial charge in [-0.1, -0.05) is 18.2 Å². The predicted octanol–water partition coefficient (Wildman–Crippen LogP) is 4.19. The fourth-order valence-corrected chi connectivity index (χ4v) is 4.11. The van der Waals surface area contributed by atoms with E-state index in [0.717, 1.165) is 9.88 Å². The van der Waals surface area contributed by atoms with E-state index < -0.39 is 18.0 Å². The summed E-state index contributed by atoms with van der Waals surface area (Å²) in [6.45, 7) is 2.91. The highest BCUT2D eigenvalue weighted by atomic mass is 32.1. The number of carbonyl (C=O) groups is 3. The van der Waals surface area contributed by atoms with E-state index in [0.29, 0.717) is 16.9 Å². The molecule has 8 heteroatoms. The molecule has 1 amide bonds. The molecule has 0 radical (unpaired) electrons. The molecule has 0 aliphatic rings. The summed E-state index contributed by atoms with van der Waals surface area (Å²) in [4.78, 5) is 41.6. The molecule has 2 aromatic heterocycles. The SMILES string of the molecule is CC(=O)c1ccccc1NC(=O)[C@@H](C)OC(=O)Cc1csc(-c2cccs2)n1. The van der Waals surface area contributed by atoms with Crippen LogP contribution < -0.4 is 5.32 Å². The zero-order chi connectivity index (χ0) is 20.1. The maximum absolute atomic E-state index is 12.3. The number of para-hydroxylation sites is 1. The number of anilines is 1. The van der Waals surface area contributed by atoms with Crippen molar-refractivity contribution in [3.63, 3.8) is 0 Å². The molecule has 3 rings (SSSR count). The molecule has 0 bridgehead atoms. The molecular weight excluding hydrogens is 396 g/mol. The zero-order valence-corrected chi connectivity index (χ0v) is 16.9. The number of ether oxygens (including phenoxy) is 1. The van der Waals surface area contributed by atoms with Crippen molar-refractivity contribution in [2.75, 3.05) is 5.32 Å². The average molecular weight is 415 g/mol. The smallest absolute Gasteiger partial charge is 0.312 e. The first-order valence-corrected chi connectivity index (χ1v) is 10.3. The van der Waals surface area contributed by atoms with Crippen LogP contribution in [0.1, 0.15) is 29.9 Å². The molecule has 2 heterocycles. The number of nitrogens with zero attached hydrogens (tertiary/aromatic N) is 1. The number of esters is 1. The number of benzene rings is 1. The van der Waals surface area contributed by atoms with Crippen LogP contribution in [0.2, 0.25) is 0 Å². The second-order valence-electron chi connectivity index (χ2n) is 6.02. The number of hydrogen-bond donors (Lipinski definition) is 1. The lowest BCUT2D eigenvalue weighted by molar-refractivity contribution is -0.152. The van der Waals surface area contributed by atoms with Gasteiger partial charge in [-0.25, -0.2) is 4.98 Å². The monoisotopic (exact) mass is 414 g/mol. The molecule has 1 atom stereocenters. The Labute approximate surface area is 170 Å². The van der Waals surface area contributed by atoms with Gasteiger partial charge in [-0.15, -0.1) is 22.7 Å². The van der Waals surface area contributed by atoms with Gasteiger partial charge in [0.05, 0.1) is 22.7 Å². The minimum absolute atomic E-state index is 0.0104. The van der Waals surface area contributed by atoms with E-state index in [9.17, 15) is 14.4 Å². The third-order valence-corrected chi connectivity index (χ3v) is 5.78. The van der Waals surface area contributed by atoms with Crippen molar-refractivity contribution in [3.05, 3.63) is 58.4 Å². The van der Waals surface area contributed by atoms with Crippen LogP contribution in [-0.2, 0) is 20.7 Å². The van der Waals surface area contributed by atoms with Gasteiger partial charge in [-0.2, -0.15) is 0 Å². The first-order valence-electron chi connectivity index (χ1n) is 8.52. The van der Waals surface area contributed by atoms with Gasteiger partial charge < -0.3 is 10.1 Å². The number of carbonyl (C=O) groups excluding carboxylic acids is 3. The van der Waals surface area contributed by atoms with Gasteiger partial charge in [0, 0.05) is 10.9 Å². The van der Waals surface area contributed by atoms with E-state index in [1.807, 2.05) is 22.9 Å². The number of ketones is 1. The lowest BCUT2D eigenvalue weighted by atomic mass is 10.1. The van der Waals surface area contributed by atoms with Crippen molar-refractivity contribution < 1.29 is 19.1 Å². The maximum atomic E-state index is 12.3. The van der Waals surface area contributed by atoms with Gasteiger partial charge >= 0.3 is 5.97 Å². The molecule has 0 saturated carbocycles. The Morgan fingerprint density at radius 2 is 1.93 bits per heavy atom. The van der Waals surface area contributed by atoms with Crippen molar-refractivity contribution in [3.8, 4) is 9.88 Å². The minimum atomic E-state index is -0.997. The lowest BCUT2D eigenvalue weighted by Crippen LogP contribution is -2.31. The van der Waals surface area contributed by atoms with E-state index in [1.54, 1.807) is 35.6 Å². The van der Waals surface area contributed by atoms with E-state index in [2.05, 4.69) is 10.3 Å². The molecule has 1 aromatic carbocycles. The molecule has 0 fully saturated rings. The van der Waals surface area contributed by atoms with E-state index in [4.69, 9.17) is 4.74 Å². The number of Topliss-reactive ketones (excluding diaryl/α,β-unsaturated/α-hetero) is 1. The highest BCUT2D eigenvalue weighted by molar-refractivity contribution is 7.20. The van der Waals surface area contributed by atoms with Crippen LogP contribution in [-0.4, -0.2) is 28.7 Å². The summed E-state index contributed by atoms with van der Waals surface area (Å²) in [6, 6.07) is 10.6. The van der Waals surface area contributed by atoms with Crippen LogP contribution in [0.4, 0.5) is 5.69 Å². The Bertz CT molecular complexity index is 995. The Hall–Kier alpha value is -2.84. The van der Waals surface area contributed by atoms with Crippen molar-refractivity contribution in [1.82, 2.24) is 4.98 Å². The van der Waals surface area contributed by atoms with Gasteiger partial charge in [-0.05, 0) is 37.4 Å². The molecule has 0 unspecified atom stereocenters. The summed E-state index contributed by atoms with van der Waals surface area (Å²) in [5.74, 6) is -1.20. The standard InChI is InChI=1S/C20H18N2O4S2/c1-12(23)15-6-3-4-7-16(15)22-19(25)13(2)26-18(24)10-14-11-28-20(21-14)17-8-5-9-27-17/h3-9,11,13H,10H2,1-2H3,(H,22,25)/t13-/m1/s1. The lowest BCUT2D eigenvalue weighted by Gasteiger charge is -2.14. The first kappa shape index (κ1) is 19.9. The predicted molar refractivity (Wildman–Crippen MR) is 110 cm³/mol. The topological polar surface area (TPSA) is 85.4 Å². The second kappa shape index (κ2) is 8.90. The van der Waals surface area contributed by atoms with Crippen molar-refractivity contribution in [1.29, 1.82) is 0 Å². The van der Waals surface area contributed by atoms with Gasteiger partial charge in [-0.3, -0.25) is 14.4 Å². The van der Waals surface area contributed by atoms with Crippen LogP contribution in [0.25, 0.3) is 9.88 Å². The zero-order valence-electron chi connectivity index (χ0n) is 15.3. The summed E-state index contributed by atoms with van der Waals surface area (Å²) in [5, 5.41) is 7.26. The highest BCUT2D eigenvalue weighted by Gasteiger charge is 2.20. The Morgan fingerprint density at radius 1 is 1.14 bits per heavy atom. The first-order chi connectivity index (χ1) is 13.4. The van der Waals surface area contributed by atoms with Crippen molar-refractivity contribution in [2.24, 2.45) is 0 Å². The summed E-state index contributed by atoms with van der Waals surface area (Å²) in [6.07, 6.45) is -1.01. The molecule has 0 aliphatic heterocycles. The Morgan fingerprint density at radius 3 is 2.64 bits per heavy atom. The van der Waals surface area contributed by atoms with Crippen molar-refractivity contribution in [2.45, 2.75) is 26.4 Å². The Kier molecular flexibility index (Phi) is 6.33. The molecule has 6 nitrogen and oxygen atoms in total.